The molecule has 1 fully saturated rings. The summed E-state index contributed by atoms with van der Waals surface area (Å²) >= 11 is 7.72. The number of halogens is 1. The van der Waals surface area contributed by atoms with Crippen LogP contribution < -0.4 is 5.32 Å². The third-order valence-corrected chi connectivity index (χ3v) is 8.39. The van der Waals surface area contributed by atoms with Crippen LogP contribution in [0.2, 0.25) is 5.02 Å². The van der Waals surface area contributed by atoms with Crippen LogP contribution in [0.4, 0.5) is 0 Å². The van der Waals surface area contributed by atoms with Crippen LogP contribution in [-0.2, 0) is 22.6 Å². The molecule has 4 rings (SSSR count). The average Bonchev–Trinajstić information content (AvgIpc) is 2.95. The van der Waals surface area contributed by atoms with Gasteiger partial charge in [0.15, 0.2) is 0 Å². The summed E-state index contributed by atoms with van der Waals surface area (Å²) in [6.45, 7) is 0.416. The maximum atomic E-state index is 13.8. The molecule has 1 unspecified atom stereocenters. The van der Waals surface area contributed by atoms with Crippen molar-refractivity contribution in [2.45, 2.75) is 74.9 Å². The summed E-state index contributed by atoms with van der Waals surface area (Å²) in [7, 11) is 0. The van der Waals surface area contributed by atoms with Crippen molar-refractivity contribution < 1.29 is 9.59 Å². The van der Waals surface area contributed by atoms with Crippen molar-refractivity contribution >= 4 is 35.2 Å². The Kier molecular flexibility index (Phi) is 11.1. The molecule has 0 saturated heterocycles. The van der Waals surface area contributed by atoms with Crippen LogP contribution in [0.15, 0.2) is 89.8 Å². The molecule has 3 aromatic rings. The van der Waals surface area contributed by atoms with E-state index < -0.39 is 6.04 Å². The summed E-state index contributed by atoms with van der Waals surface area (Å²) in [5, 5.41) is 4.03. The van der Waals surface area contributed by atoms with E-state index in [1.807, 2.05) is 89.8 Å². The number of amides is 2. The van der Waals surface area contributed by atoms with Gasteiger partial charge in [0.05, 0.1) is 0 Å². The van der Waals surface area contributed by atoms with Crippen LogP contribution in [0.3, 0.4) is 0 Å². The Hall–Kier alpha value is -2.76. The van der Waals surface area contributed by atoms with E-state index in [1.54, 1.807) is 11.8 Å². The molecule has 0 aromatic heterocycles. The summed E-state index contributed by atoms with van der Waals surface area (Å²) in [6.07, 6.45) is 7.17. The van der Waals surface area contributed by atoms with Gasteiger partial charge in [-0.15, -0.1) is 11.8 Å². The number of hydrogen-bond acceptors (Lipinski definition) is 3. The van der Waals surface area contributed by atoms with E-state index in [1.165, 1.54) is 6.42 Å². The van der Waals surface area contributed by atoms with Crippen LogP contribution in [-0.4, -0.2) is 34.6 Å². The lowest BCUT2D eigenvalue weighted by molar-refractivity contribution is -0.141. The highest BCUT2D eigenvalue weighted by Gasteiger charge is 2.31. The molecule has 200 valence electrons. The van der Waals surface area contributed by atoms with Crippen LogP contribution in [0.25, 0.3) is 0 Å². The van der Waals surface area contributed by atoms with Crippen molar-refractivity contribution in [3.05, 3.63) is 101 Å². The lowest BCUT2D eigenvalue weighted by Crippen LogP contribution is -2.52. The van der Waals surface area contributed by atoms with E-state index in [0.29, 0.717) is 19.4 Å². The number of nitrogens with zero attached hydrogens (tertiary/aromatic N) is 1. The molecule has 0 bridgehead atoms. The second-order valence-electron chi connectivity index (χ2n) is 9.96. The van der Waals surface area contributed by atoms with Crippen molar-refractivity contribution in [1.82, 2.24) is 10.2 Å². The minimum Gasteiger partial charge on any atom is -0.352 e. The first-order valence-electron chi connectivity index (χ1n) is 13.6. The number of benzene rings is 3. The highest BCUT2D eigenvalue weighted by molar-refractivity contribution is 7.99. The fourth-order valence-electron chi connectivity index (χ4n) is 4.97. The number of hydrogen-bond donors (Lipinski definition) is 1. The van der Waals surface area contributed by atoms with Crippen molar-refractivity contribution in [2.75, 3.05) is 5.75 Å². The highest BCUT2D eigenvalue weighted by atomic mass is 35.5. The third kappa shape index (κ3) is 8.92. The predicted octanol–water partition coefficient (Wildman–Crippen LogP) is 7.30. The molecular weight excluding hydrogens is 512 g/mol. The minimum absolute atomic E-state index is 0.0188. The molecule has 0 aliphatic heterocycles. The summed E-state index contributed by atoms with van der Waals surface area (Å²) in [4.78, 5) is 30.5. The normalized spacial score (nSPS) is 14.6. The lowest BCUT2D eigenvalue weighted by atomic mass is 9.94. The summed E-state index contributed by atoms with van der Waals surface area (Å²) in [6, 6.07) is 27.4. The first-order chi connectivity index (χ1) is 18.6. The van der Waals surface area contributed by atoms with E-state index in [0.717, 1.165) is 58.9 Å². The predicted molar refractivity (Wildman–Crippen MR) is 157 cm³/mol. The third-order valence-electron chi connectivity index (χ3n) is 7.04. The fraction of sp³-hybridized carbons (Fsp3) is 0.375. The molecule has 0 heterocycles. The summed E-state index contributed by atoms with van der Waals surface area (Å²) in [5.41, 5.74) is 2.08. The molecule has 4 nitrogen and oxygen atoms in total. The van der Waals surface area contributed by atoms with Crippen molar-refractivity contribution in [3.8, 4) is 0 Å². The Balaban J connectivity index is 1.49. The van der Waals surface area contributed by atoms with Gasteiger partial charge in [0.2, 0.25) is 11.8 Å². The smallest absolute Gasteiger partial charge is 0.243 e. The van der Waals surface area contributed by atoms with Crippen molar-refractivity contribution in [3.63, 3.8) is 0 Å². The average molecular weight is 549 g/mol. The fourth-order valence-corrected chi connectivity index (χ4v) is 5.95. The summed E-state index contributed by atoms with van der Waals surface area (Å²) in [5.74, 6) is 0.801. The Morgan fingerprint density at radius 1 is 0.868 bits per heavy atom. The zero-order valence-corrected chi connectivity index (χ0v) is 23.4. The van der Waals surface area contributed by atoms with Crippen molar-refractivity contribution in [2.24, 2.45) is 0 Å². The van der Waals surface area contributed by atoms with Gasteiger partial charge in [0.1, 0.15) is 6.04 Å². The Morgan fingerprint density at radius 2 is 1.50 bits per heavy atom. The molecule has 2 amide bonds. The van der Waals surface area contributed by atoms with Gasteiger partial charge in [-0.2, -0.15) is 0 Å². The first-order valence-corrected chi connectivity index (χ1v) is 15.0. The summed E-state index contributed by atoms with van der Waals surface area (Å²) < 4.78 is 0. The number of nitrogens with one attached hydrogen (secondary N) is 1. The van der Waals surface area contributed by atoms with E-state index in [-0.39, 0.29) is 17.9 Å². The van der Waals surface area contributed by atoms with Crippen LogP contribution >= 0.6 is 23.4 Å². The Morgan fingerprint density at radius 3 is 2.16 bits per heavy atom. The van der Waals surface area contributed by atoms with Crippen molar-refractivity contribution in [1.29, 1.82) is 0 Å². The maximum absolute atomic E-state index is 13.8. The standard InChI is InChI=1S/C32H37ClN2O2S/c33-27-18-20-29(21-19-27)38-22-10-17-31(36)35(24-26-13-6-2-7-14-26)30(23-25-11-4-1-5-12-25)32(37)34-28-15-8-3-9-16-28/h1-2,4-7,11-14,18-21,28,30H,3,8-10,15-17,22-24H2,(H,34,37). The number of rotatable bonds is 12. The largest absolute Gasteiger partial charge is 0.352 e. The van der Waals surface area contributed by atoms with E-state index >= 15 is 0 Å². The quantitative estimate of drug-likeness (QED) is 0.191. The maximum Gasteiger partial charge on any atom is 0.243 e. The molecule has 6 heteroatoms. The number of carbonyl (C=O) groups excluding carboxylic acids is 2. The van der Waals surface area contributed by atoms with Gasteiger partial charge in [-0.1, -0.05) is 91.5 Å². The molecule has 1 aliphatic rings. The van der Waals surface area contributed by atoms with Crippen LogP contribution in [0.1, 0.15) is 56.1 Å². The number of carbonyl (C=O) groups is 2. The van der Waals surface area contributed by atoms with Gasteiger partial charge in [-0.3, -0.25) is 9.59 Å². The van der Waals surface area contributed by atoms with Gasteiger partial charge in [-0.05, 0) is 60.4 Å². The van der Waals surface area contributed by atoms with E-state index in [2.05, 4.69) is 5.32 Å². The SMILES string of the molecule is O=C(NC1CCCCC1)C(Cc1ccccc1)N(Cc1ccccc1)C(=O)CCCSc1ccc(Cl)cc1. The zero-order chi connectivity index (χ0) is 26.6. The monoisotopic (exact) mass is 548 g/mol. The van der Waals surface area contributed by atoms with E-state index in [4.69, 9.17) is 11.6 Å². The topological polar surface area (TPSA) is 49.4 Å². The Bertz CT molecular complexity index is 1140. The molecule has 1 saturated carbocycles. The molecule has 38 heavy (non-hydrogen) atoms. The minimum atomic E-state index is -0.559. The van der Waals surface area contributed by atoms with Gasteiger partial charge < -0.3 is 10.2 Å². The molecule has 1 aliphatic carbocycles. The van der Waals surface area contributed by atoms with Gasteiger partial charge in [0.25, 0.3) is 0 Å². The highest BCUT2D eigenvalue weighted by Crippen LogP contribution is 2.23. The molecular formula is C32H37ClN2O2S. The first kappa shape index (κ1) is 28.3. The molecule has 1 atom stereocenters. The van der Waals surface area contributed by atoms with Crippen LogP contribution in [0.5, 0.6) is 0 Å². The zero-order valence-electron chi connectivity index (χ0n) is 21.9. The molecule has 0 radical (unpaired) electrons. The molecule has 1 N–H and O–H groups in total. The second-order valence-corrected chi connectivity index (χ2v) is 11.6. The van der Waals surface area contributed by atoms with Gasteiger partial charge >= 0.3 is 0 Å². The lowest BCUT2D eigenvalue weighted by Gasteiger charge is -2.33. The van der Waals surface area contributed by atoms with E-state index in [9.17, 15) is 9.59 Å². The molecule has 0 spiro atoms. The van der Waals surface area contributed by atoms with Crippen LogP contribution in [0, 0.1) is 0 Å². The second kappa shape index (κ2) is 15.0. The number of thioether (sulfide) groups is 1. The Labute approximate surface area is 236 Å². The van der Waals surface area contributed by atoms with Gasteiger partial charge in [0, 0.05) is 35.3 Å². The van der Waals surface area contributed by atoms with Gasteiger partial charge in [-0.25, -0.2) is 0 Å². The molecule has 3 aromatic carbocycles.